The van der Waals surface area contributed by atoms with Crippen LogP contribution in [0.2, 0.25) is 0 Å². The molecule has 0 saturated heterocycles. The van der Waals surface area contributed by atoms with Crippen molar-refractivity contribution in [3.63, 3.8) is 0 Å². The van der Waals surface area contributed by atoms with E-state index in [9.17, 15) is 9.90 Å². The van der Waals surface area contributed by atoms with E-state index < -0.39 is 0 Å². The molecule has 0 unspecified atom stereocenters. The number of benzene rings is 1. The monoisotopic (exact) mass is 363 g/mol. The average Bonchev–Trinajstić information content (AvgIpc) is 2.78. The van der Waals surface area contributed by atoms with Gasteiger partial charge >= 0.3 is 0 Å². The summed E-state index contributed by atoms with van der Waals surface area (Å²) in [4.78, 5) is 16.5. The third-order valence-corrected chi connectivity index (χ3v) is 5.68. The van der Waals surface area contributed by atoms with Gasteiger partial charge in [-0.3, -0.25) is 4.79 Å². The van der Waals surface area contributed by atoms with E-state index in [4.69, 9.17) is 0 Å². The topological polar surface area (TPSA) is 49.7 Å². The van der Waals surface area contributed by atoms with Crippen LogP contribution in [0, 0.1) is 0 Å². The first-order valence-corrected chi connectivity index (χ1v) is 9.92. The number of phenols is 1. The quantitative estimate of drug-likeness (QED) is 0.686. The van der Waals surface area contributed by atoms with E-state index in [0.717, 1.165) is 21.1 Å². The molecule has 2 rings (SSSR count). The van der Waals surface area contributed by atoms with Crippen molar-refractivity contribution in [1.29, 1.82) is 0 Å². The van der Waals surface area contributed by atoms with Crippen LogP contribution in [0.15, 0.2) is 22.8 Å². The molecule has 0 bridgehead atoms. The fraction of sp³-hybridized carbons (Fsp3) is 0.474. The zero-order valence-corrected chi connectivity index (χ0v) is 17.0. The molecule has 0 aromatic heterocycles. The molecule has 0 amide bonds. The summed E-state index contributed by atoms with van der Waals surface area (Å²) in [5.41, 5.74) is 2.75. The molecule has 1 aromatic rings. The Morgan fingerprint density at radius 1 is 1.08 bits per heavy atom. The van der Waals surface area contributed by atoms with Crippen molar-refractivity contribution >= 4 is 39.1 Å². The second-order valence-corrected chi connectivity index (χ2v) is 9.98. The minimum Gasteiger partial charge on any atom is -0.507 e. The van der Waals surface area contributed by atoms with Crippen LogP contribution in [-0.2, 0) is 15.6 Å². The largest absolute Gasteiger partial charge is 0.507 e. The summed E-state index contributed by atoms with van der Waals surface area (Å²) >= 11 is 2.65. The number of carbonyl (C=O) groups is 1. The van der Waals surface area contributed by atoms with Gasteiger partial charge in [0.15, 0.2) is 0 Å². The average molecular weight is 364 g/mol. The number of carbonyl (C=O) groups excluding carboxylic acids is 1. The number of phenolic OH excluding ortho intramolecular Hbond substituents is 1. The van der Waals surface area contributed by atoms with Gasteiger partial charge in [-0.2, -0.15) is 0 Å². The Morgan fingerprint density at radius 2 is 1.58 bits per heavy atom. The maximum Gasteiger partial charge on any atom is 0.244 e. The fourth-order valence-corrected chi connectivity index (χ4v) is 3.78. The summed E-state index contributed by atoms with van der Waals surface area (Å²) in [7, 11) is 0. The van der Waals surface area contributed by atoms with E-state index in [1.807, 2.05) is 24.5 Å². The van der Waals surface area contributed by atoms with Crippen LogP contribution in [0.3, 0.4) is 0 Å². The van der Waals surface area contributed by atoms with Crippen molar-refractivity contribution in [3.05, 3.63) is 34.5 Å². The number of nitrogens with zero attached hydrogens (tertiary/aromatic N) is 1. The molecule has 1 aliphatic rings. The molecule has 1 aliphatic heterocycles. The van der Waals surface area contributed by atoms with Crippen LogP contribution >= 0.6 is 23.5 Å². The van der Waals surface area contributed by atoms with Gasteiger partial charge in [0.2, 0.25) is 5.12 Å². The molecule has 0 spiro atoms. The van der Waals surface area contributed by atoms with Crippen LogP contribution in [-0.4, -0.2) is 20.9 Å². The third kappa shape index (κ3) is 4.06. The number of thioether (sulfide) groups is 2. The van der Waals surface area contributed by atoms with Gasteiger partial charge in [0.25, 0.3) is 0 Å². The Balaban J connectivity index is 2.64. The maximum absolute atomic E-state index is 12.1. The number of aromatic hydroxyl groups is 1. The molecule has 0 fully saturated rings. The molecule has 130 valence electrons. The summed E-state index contributed by atoms with van der Waals surface area (Å²) in [5.74, 6) is 0.345. The van der Waals surface area contributed by atoms with Gasteiger partial charge in [0, 0.05) is 11.1 Å². The summed E-state index contributed by atoms with van der Waals surface area (Å²) in [6, 6.07) is 3.92. The Morgan fingerprint density at radius 3 is 1.96 bits per heavy atom. The Hall–Kier alpha value is -1.20. The van der Waals surface area contributed by atoms with Crippen molar-refractivity contribution in [2.24, 2.45) is 4.99 Å². The maximum atomic E-state index is 12.1. The zero-order chi connectivity index (χ0) is 18.3. The van der Waals surface area contributed by atoms with E-state index in [1.165, 1.54) is 23.5 Å². The molecule has 0 radical (unpaired) electrons. The Labute approximate surface area is 153 Å². The number of hydrogen-bond acceptors (Lipinski definition) is 5. The molecule has 1 heterocycles. The third-order valence-electron chi connectivity index (χ3n) is 3.83. The first-order valence-electron chi connectivity index (χ1n) is 7.88. The van der Waals surface area contributed by atoms with Crippen LogP contribution < -0.4 is 0 Å². The predicted molar refractivity (Wildman–Crippen MR) is 107 cm³/mol. The van der Waals surface area contributed by atoms with Crippen molar-refractivity contribution in [2.75, 3.05) is 6.26 Å². The van der Waals surface area contributed by atoms with Gasteiger partial charge in [-0.05, 0) is 52.6 Å². The molecule has 5 heteroatoms. The predicted octanol–water partition coefficient (Wildman–Crippen LogP) is 5.32. The van der Waals surface area contributed by atoms with Gasteiger partial charge in [0.05, 0.1) is 0 Å². The van der Waals surface area contributed by atoms with E-state index in [2.05, 4.69) is 46.5 Å². The van der Waals surface area contributed by atoms with E-state index in [-0.39, 0.29) is 15.9 Å². The highest BCUT2D eigenvalue weighted by Crippen LogP contribution is 2.40. The SMILES string of the molecule is CSC1=N/C(=C/c2cc(C(C)(C)C)c(O)c(C(C)(C)C)c2)C(=O)S1. The number of hydrogen-bond donors (Lipinski definition) is 1. The number of rotatable bonds is 1. The summed E-state index contributed by atoms with van der Waals surface area (Å²) in [6.45, 7) is 12.5. The first kappa shape index (κ1) is 19.1. The smallest absolute Gasteiger partial charge is 0.244 e. The van der Waals surface area contributed by atoms with Gasteiger partial charge in [-0.25, -0.2) is 4.99 Å². The first-order chi connectivity index (χ1) is 10.9. The molecular formula is C19H25NO2S2. The molecule has 0 saturated carbocycles. The lowest BCUT2D eigenvalue weighted by atomic mass is 9.78. The molecular weight excluding hydrogens is 338 g/mol. The standard InChI is InChI=1S/C19H25NO2S2/c1-18(2,3)12-8-11(9-13(15(12)21)19(4,5)6)10-14-16(22)24-17(20-14)23-7/h8-10,21H,1-7H3/b14-10+. The highest BCUT2D eigenvalue weighted by atomic mass is 32.2. The van der Waals surface area contributed by atoms with Crippen molar-refractivity contribution in [2.45, 2.75) is 52.4 Å². The van der Waals surface area contributed by atoms with E-state index in [0.29, 0.717) is 11.4 Å². The lowest BCUT2D eigenvalue weighted by Crippen LogP contribution is -2.17. The second-order valence-electron chi connectivity index (χ2n) is 7.97. The van der Waals surface area contributed by atoms with Gasteiger partial charge in [0.1, 0.15) is 15.8 Å². The lowest BCUT2D eigenvalue weighted by Gasteiger charge is -2.27. The molecule has 0 atom stereocenters. The Bertz CT molecular complexity index is 700. The highest BCUT2D eigenvalue weighted by Gasteiger charge is 2.27. The summed E-state index contributed by atoms with van der Waals surface area (Å²) in [6.07, 6.45) is 3.74. The lowest BCUT2D eigenvalue weighted by molar-refractivity contribution is -0.107. The van der Waals surface area contributed by atoms with Crippen LogP contribution in [0.4, 0.5) is 0 Å². The van der Waals surface area contributed by atoms with Crippen LogP contribution in [0.5, 0.6) is 5.75 Å². The van der Waals surface area contributed by atoms with E-state index in [1.54, 1.807) is 0 Å². The van der Waals surface area contributed by atoms with Crippen molar-refractivity contribution in [3.8, 4) is 5.75 Å². The van der Waals surface area contributed by atoms with E-state index >= 15 is 0 Å². The highest BCUT2D eigenvalue weighted by molar-refractivity contribution is 8.45. The van der Waals surface area contributed by atoms with Gasteiger partial charge in [-0.1, -0.05) is 41.5 Å². The molecule has 3 nitrogen and oxygen atoms in total. The minimum absolute atomic E-state index is 0.0259. The van der Waals surface area contributed by atoms with Crippen molar-refractivity contribution < 1.29 is 9.90 Å². The molecule has 24 heavy (non-hydrogen) atoms. The normalized spacial score (nSPS) is 17.5. The van der Waals surface area contributed by atoms with Crippen LogP contribution in [0.1, 0.15) is 58.2 Å². The molecule has 1 N–H and O–H groups in total. The zero-order valence-electron chi connectivity index (χ0n) is 15.4. The summed E-state index contributed by atoms with van der Waals surface area (Å²) < 4.78 is 0.775. The van der Waals surface area contributed by atoms with Crippen LogP contribution in [0.25, 0.3) is 6.08 Å². The van der Waals surface area contributed by atoms with Gasteiger partial charge in [-0.15, -0.1) is 11.8 Å². The number of aliphatic imine (C=N–C) groups is 1. The second kappa shape index (κ2) is 6.60. The fourth-order valence-electron chi connectivity index (χ4n) is 2.52. The van der Waals surface area contributed by atoms with Gasteiger partial charge < -0.3 is 5.11 Å². The van der Waals surface area contributed by atoms with Crippen molar-refractivity contribution in [1.82, 2.24) is 0 Å². The minimum atomic E-state index is -0.194. The summed E-state index contributed by atoms with van der Waals surface area (Å²) in [5, 5.41) is 10.7. The molecule has 0 aliphatic carbocycles. The Kier molecular flexibility index (Phi) is 5.26. The molecule has 1 aromatic carbocycles.